The molecule has 2 rings (SSSR count). The quantitative estimate of drug-likeness (QED) is 0.528. The summed E-state index contributed by atoms with van der Waals surface area (Å²) in [4.78, 5) is 13.2. The van der Waals surface area contributed by atoms with Gasteiger partial charge in [0, 0.05) is 13.5 Å². The Morgan fingerprint density at radius 3 is 2.93 bits per heavy atom. The lowest BCUT2D eigenvalue weighted by molar-refractivity contribution is -0.843. The number of piperidine rings is 1. The third-order valence-corrected chi connectivity index (χ3v) is 2.58. The Morgan fingerprint density at radius 2 is 2.29 bits per heavy atom. The van der Waals surface area contributed by atoms with E-state index in [0.29, 0.717) is 4.59 Å². The van der Waals surface area contributed by atoms with E-state index in [-0.39, 0.29) is 5.91 Å². The molecule has 14 heavy (non-hydrogen) atoms. The van der Waals surface area contributed by atoms with E-state index in [9.17, 15) is 4.79 Å². The third-order valence-electron chi connectivity index (χ3n) is 2.58. The van der Waals surface area contributed by atoms with Gasteiger partial charge in [-0.1, -0.05) is 5.10 Å². The minimum atomic E-state index is 0.116. The van der Waals surface area contributed by atoms with Crippen LogP contribution in [0.1, 0.15) is 19.8 Å². The lowest BCUT2D eigenvalue weighted by Gasteiger charge is -2.25. The van der Waals surface area contributed by atoms with E-state index in [1.54, 1.807) is 6.92 Å². The van der Waals surface area contributed by atoms with Gasteiger partial charge in [-0.15, -0.1) is 0 Å². The fourth-order valence-electron chi connectivity index (χ4n) is 2.02. The molecule has 2 aliphatic rings. The number of hydrogen-bond acceptors (Lipinski definition) is 2. The Kier molecular flexibility index (Phi) is 1.96. The van der Waals surface area contributed by atoms with Gasteiger partial charge in [0.25, 0.3) is 0 Å². The van der Waals surface area contributed by atoms with Gasteiger partial charge < -0.3 is 4.90 Å². The highest BCUT2D eigenvalue weighted by molar-refractivity contribution is 6.03. The molecule has 0 unspecified atom stereocenters. The van der Waals surface area contributed by atoms with Crippen molar-refractivity contribution in [2.75, 3.05) is 20.6 Å². The molecule has 0 aromatic heterocycles. The average molecular weight is 194 g/mol. The molecule has 1 fully saturated rings. The molecule has 0 N–H and O–H groups in total. The molecule has 4 heteroatoms. The maximum Gasteiger partial charge on any atom is 0.224 e. The zero-order chi connectivity index (χ0) is 10.3. The second-order valence-electron chi connectivity index (χ2n) is 4.31. The van der Waals surface area contributed by atoms with Crippen molar-refractivity contribution in [2.24, 2.45) is 5.10 Å². The van der Waals surface area contributed by atoms with Crippen molar-refractivity contribution in [3.05, 3.63) is 11.9 Å². The molecule has 1 amide bonds. The molecule has 76 valence electrons. The van der Waals surface area contributed by atoms with Crippen LogP contribution in [0.3, 0.4) is 0 Å². The maximum absolute atomic E-state index is 11.4. The lowest BCUT2D eigenvalue weighted by atomic mass is 10.1. The van der Waals surface area contributed by atoms with Crippen LogP contribution in [-0.4, -0.2) is 41.8 Å². The van der Waals surface area contributed by atoms with Crippen molar-refractivity contribution in [1.29, 1.82) is 0 Å². The van der Waals surface area contributed by atoms with Crippen molar-refractivity contribution in [3.8, 4) is 0 Å². The van der Waals surface area contributed by atoms with Crippen molar-refractivity contribution < 1.29 is 9.39 Å². The number of allylic oxidation sites excluding steroid dienone is 1. The second-order valence-corrected chi connectivity index (χ2v) is 4.31. The molecule has 2 aliphatic heterocycles. The highest BCUT2D eigenvalue weighted by Gasteiger charge is 2.34. The summed E-state index contributed by atoms with van der Waals surface area (Å²) in [5.74, 6) is 0.116. The van der Waals surface area contributed by atoms with E-state index >= 15 is 0 Å². The predicted molar refractivity (Wildman–Crippen MR) is 54.2 cm³/mol. The number of likely N-dealkylation sites (tertiary alicyclic amines) is 1. The van der Waals surface area contributed by atoms with Gasteiger partial charge in [-0.25, -0.2) is 0 Å². The van der Waals surface area contributed by atoms with Crippen LogP contribution in [0.5, 0.6) is 0 Å². The molecule has 0 atom stereocenters. The van der Waals surface area contributed by atoms with Gasteiger partial charge in [-0.2, -0.15) is 4.59 Å². The molecule has 2 heterocycles. The molecular formula is C10H16N3O+. The molecule has 1 saturated heterocycles. The number of hydrogen-bond donors (Lipinski definition) is 0. The van der Waals surface area contributed by atoms with E-state index < -0.39 is 0 Å². The second kappa shape index (κ2) is 2.92. The van der Waals surface area contributed by atoms with Crippen molar-refractivity contribution in [2.45, 2.75) is 19.8 Å². The van der Waals surface area contributed by atoms with E-state index in [1.165, 1.54) is 0 Å². The maximum atomic E-state index is 11.4. The fraction of sp³-hybridized carbons (Fsp3) is 0.600. The van der Waals surface area contributed by atoms with E-state index in [1.807, 2.05) is 25.2 Å². The number of amides is 1. The van der Waals surface area contributed by atoms with Crippen LogP contribution in [0.25, 0.3) is 0 Å². The van der Waals surface area contributed by atoms with Gasteiger partial charge in [0.2, 0.25) is 5.91 Å². The standard InChI is InChI=1S/C10H16N3O/c1-8(14)12-6-4-5-9-10(12)7-13(2,3)11-9/h7H,4-6H2,1-3H3/q+1. The highest BCUT2D eigenvalue weighted by Crippen LogP contribution is 2.26. The van der Waals surface area contributed by atoms with Gasteiger partial charge >= 0.3 is 0 Å². The van der Waals surface area contributed by atoms with Gasteiger partial charge in [0.1, 0.15) is 17.6 Å². The molecule has 0 aromatic rings. The average Bonchev–Trinajstić information content (AvgIpc) is 2.36. The number of carbonyl (C=O) groups excluding carboxylic acids is 1. The topological polar surface area (TPSA) is 32.7 Å². The summed E-state index contributed by atoms with van der Waals surface area (Å²) < 4.78 is 0.508. The Bertz CT molecular complexity index is 341. The summed E-state index contributed by atoms with van der Waals surface area (Å²) in [6.07, 6.45) is 4.06. The largest absolute Gasteiger partial charge is 0.306 e. The zero-order valence-electron chi connectivity index (χ0n) is 8.95. The molecule has 0 radical (unpaired) electrons. The van der Waals surface area contributed by atoms with Gasteiger partial charge in [-0.05, 0) is 12.8 Å². The first-order chi connectivity index (χ1) is 6.49. The Morgan fingerprint density at radius 1 is 1.57 bits per heavy atom. The summed E-state index contributed by atoms with van der Waals surface area (Å²) in [6, 6.07) is 0. The fourth-order valence-corrected chi connectivity index (χ4v) is 2.02. The molecule has 0 spiro atoms. The monoisotopic (exact) mass is 194 g/mol. The van der Waals surface area contributed by atoms with E-state index in [0.717, 1.165) is 30.8 Å². The van der Waals surface area contributed by atoms with Crippen LogP contribution < -0.4 is 0 Å². The minimum Gasteiger partial charge on any atom is -0.306 e. The summed E-state index contributed by atoms with van der Waals surface area (Å²) in [5.41, 5.74) is 2.10. The first-order valence-electron chi connectivity index (χ1n) is 4.94. The Balaban J connectivity index is 2.36. The smallest absolute Gasteiger partial charge is 0.224 e. The minimum absolute atomic E-state index is 0.116. The zero-order valence-corrected chi connectivity index (χ0v) is 8.95. The molecule has 0 bridgehead atoms. The van der Waals surface area contributed by atoms with Crippen molar-refractivity contribution in [3.63, 3.8) is 0 Å². The molecule has 0 aliphatic carbocycles. The summed E-state index contributed by atoms with van der Waals surface area (Å²) in [5, 5.41) is 4.54. The lowest BCUT2D eigenvalue weighted by Crippen LogP contribution is -2.35. The van der Waals surface area contributed by atoms with E-state index in [2.05, 4.69) is 5.10 Å². The van der Waals surface area contributed by atoms with E-state index in [4.69, 9.17) is 0 Å². The van der Waals surface area contributed by atoms with Crippen LogP contribution in [-0.2, 0) is 4.79 Å². The number of rotatable bonds is 0. The first kappa shape index (κ1) is 9.40. The number of quaternary nitrogens is 1. The Labute approximate surface area is 84.1 Å². The number of carbonyl (C=O) groups is 1. The van der Waals surface area contributed by atoms with Gasteiger partial charge in [-0.3, -0.25) is 4.79 Å². The molecule has 0 saturated carbocycles. The SMILES string of the molecule is CC(=O)N1CCCC2=N[N+](C)(C)C=C21. The normalized spacial score (nSPS) is 24.1. The highest BCUT2D eigenvalue weighted by atomic mass is 16.2. The van der Waals surface area contributed by atoms with Crippen LogP contribution in [0.15, 0.2) is 17.0 Å². The first-order valence-corrected chi connectivity index (χ1v) is 4.94. The number of fused-ring (bicyclic) bond motifs is 1. The van der Waals surface area contributed by atoms with Gasteiger partial charge in [0.15, 0.2) is 0 Å². The molecule has 4 nitrogen and oxygen atoms in total. The third kappa shape index (κ3) is 1.46. The summed E-state index contributed by atoms with van der Waals surface area (Å²) in [6.45, 7) is 2.45. The van der Waals surface area contributed by atoms with Crippen LogP contribution in [0, 0.1) is 0 Å². The predicted octanol–water partition coefficient (Wildman–Crippen LogP) is 0.916. The Hall–Kier alpha value is -1.16. The molecular weight excluding hydrogens is 178 g/mol. The summed E-state index contributed by atoms with van der Waals surface area (Å²) >= 11 is 0. The molecule has 0 aromatic carbocycles. The van der Waals surface area contributed by atoms with Crippen molar-refractivity contribution >= 4 is 11.6 Å². The summed E-state index contributed by atoms with van der Waals surface area (Å²) in [7, 11) is 4.02. The van der Waals surface area contributed by atoms with Crippen LogP contribution in [0.2, 0.25) is 0 Å². The number of nitrogens with zero attached hydrogens (tertiary/aromatic N) is 3. The van der Waals surface area contributed by atoms with Crippen LogP contribution >= 0.6 is 0 Å². The van der Waals surface area contributed by atoms with Crippen LogP contribution in [0.4, 0.5) is 0 Å². The van der Waals surface area contributed by atoms with Gasteiger partial charge in [0.05, 0.1) is 14.1 Å². The van der Waals surface area contributed by atoms with Crippen molar-refractivity contribution in [1.82, 2.24) is 4.90 Å².